The number of rotatable bonds is 7. The Labute approximate surface area is 329 Å². The summed E-state index contributed by atoms with van der Waals surface area (Å²) in [5, 5.41) is 12.3. The van der Waals surface area contributed by atoms with E-state index in [4.69, 9.17) is 4.74 Å². The number of hydrogen-bond donors (Lipinski definition) is 2. The van der Waals surface area contributed by atoms with E-state index in [9.17, 15) is 19.5 Å². The van der Waals surface area contributed by atoms with Crippen molar-refractivity contribution < 1.29 is 29.0 Å². The summed E-state index contributed by atoms with van der Waals surface area (Å²) >= 11 is 3.64. The lowest BCUT2D eigenvalue weighted by Crippen LogP contribution is -2.48. The van der Waals surface area contributed by atoms with Crippen molar-refractivity contribution in [2.24, 2.45) is 5.92 Å². The minimum Gasteiger partial charge on any atom is -0.432 e. The number of anilines is 3. The molecule has 5 aromatic rings. The summed E-state index contributed by atoms with van der Waals surface area (Å²) in [6.45, 7) is 6.11. The highest BCUT2D eigenvalue weighted by atomic mass is 79.9. The largest absolute Gasteiger partial charge is 0.432 e. The Kier molecular flexibility index (Phi) is 8.67. The lowest BCUT2D eigenvalue weighted by Gasteiger charge is -2.37. The van der Waals surface area contributed by atoms with Gasteiger partial charge in [0.1, 0.15) is 0 Å². The number of benzene rings is 5. The van der Waals surface area contributed by atoms with Crippen LogP contribution >= 0.6 is 15.9 Å². The van der Waals surface area contributed by atoms with Crippen LogP contribution in [0.3, 0.4) is 0 Å². The van der Waals surface area contributed by atoms with Crippen molar-refractivity contribution in [2.45, 2.75) is 69.2 Å². The maximum Gasteiger partial charge on any atom is 0.264 e. The highest BCUT2D eigenvalue weighted by Crippen LogP contribution is 2.60. The molecule has 0 aromatic heterocycles. The Morgan fingerprint density at radius 1 is 0.927 bits per heavy atom. The monoisotopic (exact) mass is 815 g/mol. The number of halogens is 1. The van der Waals surface area contributed by atoms with Gasteiger partial charge in [-0.25, -0.2) is 0 Å². The Morgan fingerprint density at radius 2 is 1.67 bits per heavy atom. The van der Waals surface area contributed by atoms with E-state index in [0.29, 0.717) is 35.5 Å². The molecule has 3 amide bonds. The zero-order valence-electron chi connectivity index (χ0n) is 30.9. The van der Waals surface area contributed by atoms with Gasteiger partial charge in [-0.3, -0.25) is 19.3 Å². The van der Waals surface area contributed by atoms with Gasteiger partial charge in [-0.2, -0.15) is 0 Å². The molecule has 2 N–H and O–H groups in total. The number of nitrogens with zero attached hydrogens (tertiary/aromatic N) is 3. The van der Waals surface area contributed by atoms with Crippen molar-refractivity contribution in [1.82, 2.24) is 4.90 Å². The lowest BCUT2D eigenvalue weighted by molar-refractivity contribution is -0.151. The Bertz CT molecular complexity index is 2410. The first-order chi connectivity index (χ1) is 26.4. The molecule has 4 aliphatic heterocycles. The fourth-order valence-corrected chi connectivity index (χ4v) is 12.8. The van der Waals surface area contributed by atoms with Crippen LogP contribution < -0.4 is 9.80 Å². The third-order valence-electron chi connectivity index (χ3n) is 12.3. The molecule has 4 heterocycles. The molecule has 0 saturated carbocycles. The molecule has 9 rings (SSSR count). The van der Waals surface area contributed by atoms with E-state index in [1.165, 1.54) is 0 Å². The van der Waals surface area contributed by atoms with Crippen LogP contribution in [0.4, 0.5) is 17.1 Å². The van der Waals surface area contributed by atoms with Crippen LogP contribution in [0.25, 0.3) is 10.8 Å². The van der Waals surface area contributed by atoms with Gasteiger partial charge in [0, 0.05) is 39.1 Å². The molecule has 11 heteroatoms. The predicted molar refractivity (Wildman–Crippen MR) is 218 cm³/mol. The Morgan fingerprint density at radius 3 is 2.44 bits per heavy atom. The first-order valence-corrected chi connectivity index (χ1v) is 22.7. The molecule has 5 atom stereocenters. The molecule has 0 radical (unpaired) electrons. The smallest absolute Gasteiger partial charge is 0.264 e. The molecule has 9 nitrogen and oxygen atoms in total. The fourth-order valence-electron chi connectivity index (χ4n) is 9.89. The molecule has 1 fully saturated rings. The van der Waals surface area contributed by atoms with Gasteiger partial charge in [0.2, 0.25) is 5.91 Å². The number of carbonyl (C=O) groups excluding carboxylic acids is 3. The highest BCUT2D eigenvalue weighted by molar-refractivity contribution is 9.10. The molecule has 0 unspecified atom stereocenters. The zero-order valence-corrected chi connectivity index (χ0v) is 33.5. The fraction of sp³-hybridized carbons (Fsp3) is 0.295. The van der Waals surface area contributed by atoms with Crippen molar-refractivity contribution in [1.29, 1.82) is 0 Å². The summed E-state index contributed by atoms with van der Waals surface area (Å²) in [5.74, 6) is -0.962. The second kappa shape index (κ2) is 13.2. The SMILES string of the molecule is C[C@H]1[C@H]([Si](C)(C)O)[C@@H](CC(=O)N2Cc3ccccc3C[C@H]2CO)O[C@]12C(=O)N(Cc1cccc(N3C(=O)c4cccc5cccc3c45)c1)c1ccc(Br)cc12. The molecule has 1 spiro atoms. The van der Waals surface area contributed by atoms with Gasteiger partial charge < -0.3 is 24.4 Å². The van der Waals surface area contributed by atoms with Crippen LogP contribution in [-0.4, -0.2) is 59.6 Å². The summed E-state index contributed by atoms with van der Waals surface area (Å²) in [6, 6.07) is 32.8. The molecular formula is C44H42BrN3O6Si. The standard InChI is InChI=1S/C44H42BrN3O6Si/c1-26-41(55(2,3)53)38(22-39(50)46-24-30-11-5-4-10-29(30)20-33(46)25-49)54-44(26)35-21-31(45)17-18-36(35)47(43(44)52)23-27-9-6-14-32(19-27)48-37-16-8-13-28-12-7-15-34(40(28)37)42(48)51/h4-19,21,26,33,38,41,49,53H,20,22-25H2,1-3H3/t26-,33-,38+,41-,44+/m0/s1. The van der Waals surface area contributed by atoms with Crippen LogP contribution in [0.2, 0.25) is 18.6 Å². The van der Waals surface area contributed by atoms with Crippen LogP contribution in [0.15, 0.2) is 108 Å². The lowest BCUT2D eigenvalue weighted by atomic mass is 9.82. The van der Waals surface area contributed by atoms with E-state index in [-0.39, 0.29) is 43.3 Å². The Hall–Kier alpha value is -4.65. The quantitative estimate of drug-likeness (QED) is 0.164. The molecule has 280 valence electrons. The topological polar surface area (TPSA) is 111 Å². The summed E-state index contributed by atoms with van der Waals surface area (Å²) in [7, 11) is -3.04. The third kappa shape index (κ3) is 5.62. The number of hydrogen-bond acceptors (Lipinski definition) is 6. The predicted octanol–water partition coefficient (Wildman–Crippen LogP) is 7.57. The van der Waals surface area contributed by atoms with Crippen LogP contribution in [0.5, 0.6) is 0 Å². The first-order valence-electron chi connectivity index (χ1n) is 18.8. The van der Waals surface area contributed by atoms with Crippen molar-refractivity contribution in [2.75, 3.05) is 16.4 Å². The van der Waals surface area contributed by atoms with E-state index in [2.05, 4.69) is 15.9 Å². The summed E-state index contributed by atoms with van der Waals surface area (Å²) in [5.41, 5.74) is 4.73. The van der Waals surface area contributed by atoms with E-state index in [1.807, 2.05) is 123 Å². The van der Waals surface area contributed by atoms with Gasteiger partial charge in [-0.05, 0) is 84.1 Å². The molecule has 4 aliphatic rings. The second-order valence-corrected chi connectivity index (χ2v) is 20.8. The maximum absolute atomic E-state index is 15.1. The van der Waals surface area contributed by atoms with Gasteiger partial charge in [0.15, 0.2) is 13.9 Å². The van der Waals surface area contributed by atoms with Gasteiger partial charge in [0.05, 0.1) is 48.7 Å². The van der Waals surface area contributed by atoms with Crippen molar-refractivity contribution in [3.8, 4) is 0 Å². The zero-order chi connectivity index (χ0) is 38.4. The number of aliphatic hydroxyl groups is 1. The number of ether oxygens (including phenoxy) is 1. The summed E-state index contributed by atoms with van der Waals surface area (Å²) in [4.78, 5) is 60.2. The molecule has 0 bridgehead atoms. The molecular weight excluding hydrogens is 774 g/mol. The van der Waals surface area contributed by atoms with Crippen LogP contribution in [0.1, 0.15) is 46.0 Å². The number of amides is 3. The van der Waals surface area contributed by atoms with Crippen molar-refractivity contribution in [3.63, 3.8) is 0 Å². The van der Waals surface area contributed by atoms with Crippen molar-refractivity contribution >= 4 is 69.8 Å². The van der Waals surface area contributed by atoms with E-state index in [1.54, 1.807) is 14.7 Å². The highest BCUT2D eigenvalue weighted by Gasteiger charge is 2.66. The molecule has 55 heavy (non-hydrogen) atoms. The average molecular weight is 817 g/mol. The second-order valence-electron chi connectivity index (χ2n) is 15.9. The minimum absolute atomic E-state index is 0.0237. The molecule has 0 aliphatic carbocycles. The van der Waals surface area contributed by atoms with Gasteiger partial charge in [-0.1, -0.05) is 83.5 Å². The normalized spacial score (nSPS) is 24.3. The first kappa shape index (κ1) is 36.0. The number of aliphatic hydroxyl groups excluding tert-OH is 1. The summed E-state index contributed by atoms with van der Waals surface area (Å²) < 4.78 is 7.80. The third-order valence-corrected chi connectivity index (χ3v) is 15.3. The van der Waals surface area contributed by atoms with Crippen LogP contribution in [-0.2, 0) is 39.4 Å². The van der Waals surface area contributed by atoms with Crippen molar-refractivity contribution in [3.05, 3.63) is 135 Å². The average Bonchev–Trinajstić information content (AvgIpc) is 3.72. The summed E-state index contributed by atoms with van der Waals surface area (Å²) in [6.07, 6.45) is -0.196. The van der Waals surface area contributed by atoms with Gasteiger partial charge >= 0.3 is 0 Å². The molecule has 1 saturated heterocycles. The minimum atomic E-state index is -3.04. The molecule has 5 aromatic carbocycles. The Balaban J connectivity index is 1.04. The van der Waals surface area contributed by atoms with Gasteiger partial charge in [-0.15, -0.1) is 0 Å². The maximum atomic E-state index is 15.1. The van der Waals surface area contributed by atoms with Crippen LogP contribution in [0, 0.1) is 5.92 Å². The van der Waals surface area contributed by atoms with E-state index >= 15 is 4.79 Å². The van der Waals surface area contributed by atoms with Gasteiger partial charge in [0.25, 0.3) is 11.8 Å². The van der Waals surface area contributed by atoms with E-state index in [0.717, 1.165) is 37.6 Å². The number of fused-ring (bicyclic) bond motifs is 3. The number of carbonyl (C=O) groups is 3. The van der Waals surface area contributed by atoms with E-state index < -0.39 is 31.5 Å².